The van der Waals surface area contributed by atoms with Gasteiger partial charge in [0.2, 0.25) is 4.74 Å². The van der Waals surface area contributed by atoms with Gasteiger partial charge in [-0.25, -0.2) is 0 Å². The highest BCUT2D eigenvalue weighted by Crippen LogP contribution is 2.34. The number of benzene rings is 1. The number of ether oxygens (including phenoxy) is 2. The third-order valence-electron chi connectivity index (χ3n) is 2.47. The average Bonchev–Trinajstić information content (AvgIpc) is 2.36. The lowest BCUT2D eigenvalue weighted by molar-refractivity contribution is -0.254. The maximum absolute atomic E-state index is 11.9. The van der Waals surface area contributed by atoms with Gasteiger partial charge in [-0.2, -0.15) is 0 Å². The molecule has 0 spiro atoms. The lowest BCUT2D eigenvalue weighted by Crippen LogP contribution is -2.22. The number of fused-ring (bicyclic) bond motifs is 1. The minimum absolute atomic E-state index is 0.111. The molecule has 0 N–H and O–H groups in total. The zero-order valence-electron chi connectivity index (χ0n) is 9.68. The number of carbonyl (C=O) groups excluding carboxylic acids is 1. The van der Waals surface area contributed by atoms with E-state index in [1.54, 1.807) is 12.1 Å². The van der Waals surface area contributed by atoms with E-state index < -0.39 is 10.7 Å². The molecule has 0 amide bonds. The summed E-state index contributed by atoms with van der Waals surface area (Å²) in [6, 6.07) is 4.61. The maximum Gasteiger partial charge on any atom is 0.244 e. The van der Waals surface area contributed by atoms with Gasteiger partial charge in [0.15, 0.2) is 11.5 Å². The molecule has 1 heterocycles. The molecule has 5 nitrogen and oxygen atoms in total. The van der Waals surface area contributed by atoms with Crippen LogP contribution in [0.4, 0.5) is 0 Å². The van der Waals surface area contributed by atoms with Crippen molar-refractivity contribution in [3.8, 4) is 11.5 Å². The van der Waals surface area contributed by atoms with Gasteiger partial charge in [0.1, 0.15) is 0 Å². The Morgan fingerprint density at radius 3 is 2.56 bits per heavy atom. The van der Waals surface area contributed by atoms with Crippen LogP contribution in [0.5, 0.6) is 11.5 Å². The summed E-state index contributed by atoms with van der Waals surface area (Å²) in [4.78, 5) is 22.6. The highest BCUT2D eigenvalue weighted by atomic mass is 32.1. The molecule has 0 saturated carbocycles. The fourth-order valence-corrected chi connectivity index (χ4v) is 2.48. The molecule has 0 radical (unpaired) electrons. The van der Waals surface area contributed by atoms with Gasteiger partial charge in [-0.1, -0.05) is 17.4 Å². The van der Waals surface area contributed by atoms with E-state index in [9.17, 15) is 14.7 Å². The second-order valence-corrected chi connectivity index (χ2v) is 4.47. The molecule has 0 atom stereocenters. The monoisotopic (exact) mass is 265 g/mol. The molecule has 0 saturated heterocycles. The molecule has 0 unspecified atom stereocenters. The first-order chi connectivity index (χ1) is 8.58. The molecule has 0 aliphatic heterocycles. The van der Waals surface area contributed by atoms with Gasteiger partial charge < -0.3 is 19.4 Å². The van der Waals surface area contributed by atoms with E-state index in [4.69, 9.17) is 9.47 Å². The lowest BCUT2D eigenvalue weighted by Gasteiger charge is -2.10. The first-order valence-electron chi connectivity index (χ1n) is 4.98. The summed E-state index contributed by atoms with van der Waals surface area (Å²) >= 11 is 0.610. The third kappa shape index (κ3) is 1.91. The van der Waals surface area contributed by atoms with Crippen molar-refractivity contribution in [1.82, 2.24) is 0 Å². The fraction of sp³-hybridized carbons (Fsp3) is 0.167. The smallest absolute Gasteiger partial charge is 0.244 e. The van der Waals surface area contributed by atoms with Crippen molar-refractivity contribution in [2.24, 2.45) is 0 Å². The number of carbonyl (C=O) groups is 1. The number of methoxy groups -OCH3 is 2. The molecule has 0 fully saturated rings. The van der Waals surface area contributed by atoms with E-state index in [1.165, 1.54) is 20.3 Å². The van der Waals surface area contributed by atoms with Crippen molar-refractivity contribution < 1.29 is 19.4 Å². The normalized spacial score (nSPS) is 10.3. The molecule has 2 rings (SSSR count). The van der Waals surface area contributed by atoms with Crippen LogP contribution >= 0.6 is 11.3 Å². The summed E-state index contributed by atoms with van der Waals surface area (Å²) < 4.78 is 9.84. The predicted octanol–water partition coefficient (Wildman–Crippen LogP) is 0.642. The average molecular weight is 265 g/mol. The van der Waals surface area contributed by atoms with Crippen molar-refractivity contribution in [1.29, 1.82) is 0 Å². The van der Waals surface area contributed by atoms with Crippen LogP contribution in [0.15, 0.2) is 23.0 Å². The fourth-order valence-electron chi connectivity index (χ4n) is 1.70. The van der Waals surface area contributed by atoms with Gasteiger partial charge in [-0.3, -0.25) is 4.79 Å². The Kier molecular flexibility index (Phi) is 3.20. The minimum atomic E-state index is -1.37. The summed E-state index contributed by atoms with van der Waals surface area (Å²) in [5.41, 5.74) is 0. The largest absolute Gasteiger partial charge is 0.544 e. The zero-order valence-corrected chi connectivity index (χ0v) is 10.5. The molecule has 0 bridgehead atoms. The number of hydrogen-bond donors (Lipinski definition) is 0. The highest BCUT2D eigenvalue weighted by Gasteiger charge is 2.13. The van der Waals surface area contributed by atoms with Crippen molar-refractivity contribution in [2.45, 2.75) is 0 Å². The Morgan fingerprint density at radius 2 is 2.00 bits per heavy atom. The van der Waals surface area contributed by atoms with Crippen LogP contribution in [-0.4, -0.2) is 20.2 Å². The quantitative estimate of drug-likeness (QED) is 0.814. The van der Waals surface area contributed by atoms with E-state index >= 15 is 0 Å². The second kappa shape index (κ2) is 4.66. The Bertz CT molecular complexity index is 674. The predicted molar refractivity (Wildman–Crippen MR) is 65.5 cm³/mol. The van der Waals surface area contributed by atoms with Crippen LogP contribution in [-0.2, 0) is 0 Å². The number of carboxylic acids is 1. The SMILES string of the molecule is COc1ccc2cc(C(=O)[O-])sc(=O)c2c1OC. The molecule has 2 aromatic rings. The first-order valence-corrected chi connectivity index (χ1v) is 5.80. The molecule has 6 heteroatoms. The number of aromatic carboxylic acids is 1. The van der Waals surface area contributed by atoms with E-state index in [0.717, 1.165) is 0 Å². The van der Waals surface area contributed by atoms with Gasteiger partial charge in [-0.15, -0.1) is 0 Å². The van der Waals surface area contributed by atoms with Crippen LogP contribution in [0, 0.1) is 0 Å². The number of hydrogen-bond acceptors (Lipinski definition) is 6. The molecule has 1 aromatic carbocycles. The van der Waals surface area contributed by atoms with Crippen LogP contribution < -0.4 is 19.3 Å². The molecule has 1 aromatic heterocycles. The number of rotatable bonds is 3. The Hall–Kier alpha value is -2.08. The van der Waals surface area contributed by atoms with E-state index in [0.29, 0.717) is 33.6 Å². The van der Waals surface area contributed by atoms with E-state index in [-0.39, 0.29) is 4.88 Å². The van der Waals surface area contributed by atoms with E-state index in [2.05, 4.69) is 0 Å². The van der Waals surface area contributed by atoms with Gasteiger partial charge >= 0.3 is 0 Å². The van der Waals surface area contributed by atoms with Crippen molar-refractivity contribution in [2.75, 3.05) is 14.2 Å². The van der Waals surface area contributed by atoms with Crippen LogP contribution in [0.25, 0.3) is 10.8 Å². The van der Waals surface area contributed by atoms with Gasteiger partial charge in [0.25, 0.3) is 0 Å². The lowest BCUT2D eigenvalue weighted by atomic mass is 10.1. The molecular weight excluding hydrogens is 256 g/mol. The first kappa shape index (κ1) is 12.4. The van der Waals surface area contributed by atoms with Crippen molar-refractivity contribution in [3.05, 3.63) is 32.6 Å². The third-order valence-corrected chi connectivity index (χ3v) is 3.37. The summed E-state index contributed by atoms with van der Waals surface area (Å²) in [5, 5.41) is 11.6. The highest BCUT2D eigenvalue weighted by molar-refractivity contribution is 7.11. The van der Waals surface area contributed by atoms with Crippen molar-refractivity contribution >= 4 is 28.1 Å². The Labute approximate surface area is 106 Å². The van der Waals surface area contributed by atoms with Crippen LogP contribution in [0.3, 0.4) is 0 Å². The molecule has 0 aliphatic carbocycles. The molecular formula is C12H9O5S-. The van der Waals surface area contributed by atoms with Gasteiger partial charge in [0.05, 0.1) is 30.5 Å². The zero-order chi connectivity index (χ0) is 13.3. The summed E-state index contributed by atoms with van der Waals surface area (Å²) in [6.07, 6.45) is 0. The van der Waals surface area contributed by atoms with Gasteiger partial charge in [0, 0.05) is 0 Å². The van der Waals surface area contributed by atoms with Crippen molar-refractivity contribution in [3.63, 3.8) is 0 Å². The summed E-state index contributed by atoms with van der Waals surface area (Å²) in [5.74, 6) is -0.634. The maximum atomic E-state index is 11.9. The van der Waals surface area contributed by atoms with Crippen LogP contribution in [0.1, 0.15) is 9.67 Å². The Balaban J connectivity index is 2.87. The molecule has 18 heavy (non-hydrogen) atoms. The Morgan fingerprint density at radius 1 is 1.28 bits per heavy atom. The standard InChI is InChI=1S/C12H10O5S/c1-16-7-4-3-6-5-8(11(13)14)18-12(15)9(6)10(7)17-2/h3-5H,1-2H3,(H,13,14)/p-1. The number of carboxylic acid groups (broad SMARTS) is 1. The topological polar surface area (TPSA) is 75.7 Å². The minimum Gasteiger partial charge on any atom is -0.544 e. The summed E-state index contributed by atoms with van der Waals surface area (Å²) in [7, 11) is 2.89. The van der Waals surface area contributed by atoms with Gasteiger partial charge in [-0.05, 0) is 17.5 Å². The van der Waals surface area contributed by atoms with E-state index in [1.807, 2.05) is 0 Å². The second-order valence-electron chi connectivity index (χ2n) is 3.45. The molecule has 0 aliphatic rings. The molecule has 94 valence electrons. The summed E-state index contributed by atoms with van der Waals surface area (Å²) in [6.45, 7) is 0. The van der Waals surface area contributed by atoms with Crippen LogP contribution in [0.2, 0.25) is 0 Å².